The van der Waals surface area contributed by atoms with Crippen LogP contribution in [0.2, 0.25) is 0 Å². The second-order valence-corrected chi connectivity index (χ2v) is 6.87. The number of halogens is 3. The Kier molecular flexibility index (Phi) is 4.54. The molecule has 0 saturated carbocycles. The van der Waals surface area contributed by atoms with E-state index in [2.05, 4.69) is 20.2 Å². The van der Waals surface area contributed by atoms with E-state index >= 15 is 0 Å². The Balaban J connectivity index is 1.62. The maximum Gasteiger partial charge on any atom is 0.433 e. The van der Waals surface area contributed by atoms with E-state index in [4.69, 9.17) is 0 Å². The highest BCUT2D eigenvalue weighted by atomic mass is 19.4. The van der Waals surface area contributed by atoms with Gasteiger partial charge in [-0.3, -0.25) is 9.78 Å². The van der Waals surface area contributed by atoms with Crippen LogP contribution >= 0.6 is 0 Å². The monoisotopic (exact) mass is 434 g/mol. The van der Waals surface area contributed by atoms with Crippen LogP contribution in [-0.2, 0) is 6.18 Å². The lowest BCUT2D eigenvalue weighted by Gasteiger charge is -2.12. The third-order valence-corrected chi connectivity index (χ3v) is 4.88. The zero-order chi connectivity index (χ0) is 22.3. The van der Waals surface area contributed by atoms with Crippen molar-refractivity contribution in [2.45, 2.75) is 6.18 Å². The first-order valence-corrected chi connectivity index (χ1v) is 9.43. The van der Waals surface area contributed by atoms with Gasteiger partial charge in [0.15, 0.2) is 5.69 Å². The molecular formula is C22H13F3N6O. The van der Waals surface area contributed by atoms with E-state index in [0.717, 1.165) is 28.7 Å². The molecule has 7 nitrogen and oxygen atoms in total. The Hall–Kier alpha value is -4.34. The van der Waals surface area contributed by atoms with Gasteiger partial charge in [-0.2, -0.15) is 23.4 Å². The molecule has 0 fully saturated rings. The molecule has 4 aromatic heterocycles. The van der Waals surface area contributed by atoms with Crippen LogP contribution in [0.5, 0.6) is 0 Å². The SMILES string of the molecule is O=c1ccn(-c2ccc(C(F)(F)F)nc2)nc1-c1ccnn1-c1cccc2cnccc12. The molecule has 0 radical (unpaired) electrons. The Morgan fingerprint density at radius 1 is 0.906 bits per heavy atom. The smallest absolute Gasteiger partial charge is 0.287 e. The number of rotatable bonds is 3. The normalized spacial score (nSPS) is 11.7. The van der Waals surface area contributed by atoms with Crippen molar-refractivity contribution >= 4 is 10.8 Å². The van der Waals surface area contributed by atoms with Crippen LogP contribution in [0.4, 0.5) is 13.2 Å². The van der Waals surface area contributed by atoms with Gasteiger partial charge in [0.2, 0.25) is 5.43 Å². The summed E-state index contributed by atoms with van der Waals surface area (Å²) in [7, 11) is 0. The van der Waals surface area contributed by atoms with Gasteiger partial charge in [0, 0.05) is 35.4 Å². The molecule has 5 aromatic rings. The Bertz CT molecular complexity index is 1480. The summed E-state index contributed by atoms with van der Waals surface area (Å²) in [6.45, 7) is 0. The zero-order valence-electron chi connectivity index (χ0n) is 16.2. The van der Waals surface area contributed by atoms with Crippen LogP contribution in [0, 0.1) is 0 Å². The van der Waals surface area contributed by atoms with Gasteiger partial charge in [0.1, 0.15) is 5.69 Å². The molecule has 0 spiro atoms. The molecule has 10 heteroatoms. The van der Waals surface area contributed by atoms with Crippen molar-refractivity contribution in [1.29, 1.82) is 0 Å². The first-order valence-electron chi connectivity index (χ1n) is 9.43. The summed E-state index contributed by atoms with van der Waals surface area (Å²) in [6, 6.07) is 12.5. The number of alkyl halides is 3. The van der Waals surface area contributed by atoms with Crippen LogP contribution in [0.3, 0.4) is 0 Å². The third kappa shape index (κ3) is 3.41. The van der Waals surface area contributed by atoms with Crippen molar-refractivity contribution in [3.63, 3.8) is 0 Å². The Morgan fingerprint density at radius 2 is 1.78 bits per heavy atom. The molecule has 5 rings (SSSR count). The van der Waals surface area contributed by atoms with Crippen LogP contribution in [0.15, 0.2) is 84.3 Å². The fraction of sp³-hybridized carbons (Fsp3) is 0.0455. The molecule has 0 saturated heterocycles. The van der Waals surface area contributed by atoms with E-state index in [-0.39, 0.29) is 16.8 Å². The molecule has 158 valence electrons. The minimum Gasteiger partial charge on any atom is -0.287 e. The number of hydrogen-bond acceptors (Lipinski definition) is 5. The number of nitrogens with zero attached hydrogens (tertiary/aromatic N) is 6. The molecule has 0 aliphatic carbocycles. The number of hydrogen-bond donors (Lipinski definition) is 0. The van der Waals surface area contributed by atoms with Gasteiger partial charge in [-0.15, -0.1) is 0 Å². The highest BCUT2D eigenvalue weighted by Crippen LogP contribution is 2.28. The van der Waals surface area contributed by atoms with E-state index in [1.165, 1.54) is 23.0 Å². The van der Waals surface area contributed by atoms with E-state index < -0.39 is 11.9 Å². The van der Waals surface area contributed by atoms with Crippen molar-refractivity contribution < 1.29 is 13.2 Å². The van der Waals surface area contributed by atoms with Gasteiger partial charge >= 0.3 is 6.18 Å². The van der Waals surface area contributed by atoms with Crippen molar-refractivity contribution in [2.75, 3.05) is 0 Å². The maximum atomic E-state index is 12.8. The standard InChI is InChI=1S/C22H13F3N6O/c23-22(24,25)20-5-4-15(13-27-20)30-11-8-19(32)21(29-30)18-7-10-28-31(18)17-3-1-2-14-12-26-9-6-16(14)17/h1-13H. The predicted molar refractivity (Wildman–Crippen MR) is 110 cm³/mol. The quantitative estimate of drug-likeness (QED) is 0.428. The third-order valence-electron chi connectivity index (χ3n) is 4.88. The van der Waals surface area contributed by atoms with Crippen molar-refractivity contribution in [3.8, 4) is 22.8 Å². The number of fused-ring (bicyclic) bond motifs is 1. The summed E-state index contributed by atoms with van der Waals surface area (Å²) in [5.74, 6) is 0. The van der Waals surface area contributed by atoms with E-state index in [1.807, 2.05) is 24.3 Å². The molecule has 32 heavy (non-hydrogen) atoms. The molecular weight excluding hydrogens is 421 g/mol. The molecule has 0 N–H and O–H groups in total. The highest BCUT2D eigenvalue weighted by molar-refractivity contribution is 5.89. The van der Waals surface area contributed by atoms with E-state index in [9.17, 15) is 18.0 Å². The predicted octanol–water partition coefficient (Wildman–Crippen LogP) is 4.05. The van der Waals surface area contributed by atoms with Crippen molar-refractivity contribution in [2.24, 2.45) is 0 Å². The molecule has 4 heterocycles. The number of aromatic nitrogens is 6. The number of pyridine rings is 2. The second kappa shape index (κ2) is 7.41. The lowest BCUT2D eigenvalue weighted by molar-refractivity contribution is -0.141. The molecule has 0 amide bonds. The van der Waals surface area contributed by atoms with E-state index in [1.54, 1.807) is 29.3 Å². The fourth-order valence-corrected chi connectivity index (χ4v) is 3.38. The van der Waals surface area contributed by atoms with Gasteiger partial charge in [0.25, 0.3) is 0 Å². The van der Waals surface area contributed by atoms with Gasteiger partial charge in [-0.05, 0) is 30.3 Å². The Labute approximate surface area is 178 Å². The second-order valence-electron chi connectivity index (χ2n) is 6.87. The number of benzene rings is 1. The lowest BCUT2D eigenvalue weighted by Crippen LogP contribution is -2.15. The molecule has 0 aliphatic heterocycles. The lowest BCUT2D eigenvalue weighted by atomic mass is 10.1. The maximum absolute atomic E-state index is 12.8. The summed E-state index contributed by atoms with van der Waals surface area (Å²) < 4.78 is 41.3. The van der Waals surface area contributed by atoms with Gasteiger partial charge in [-0.25, -0.2) is 14.3 Å². The van der Waals surface area contributed by atoms with Crippen molar-refractivity contribution in [1.82, 2.24) is 29.5 Å². The van der Waals surface area contributed by atoms with Gasteiger partial charge in [0.05, 0.1) is 29.5 Å². The summed E-state index contributed by atoms with van der Waals surface area (Å²) in [6.07, 6.45) is 2.84. The molecule has 0 aliphatic rings. The average Bonchev–Trinajstić information content (AvgIpc) is 3.28. The highest BCUT2D eigenvalue weighted by Gasteiger charge is 2.32. The Morgan fingerprint density at radius 3 is 2.56 bits per heavy atom. The van der Waals surface area contributed by atoms with Gasteiger partial charge in [-0.1, -0.05) is 12.1 Å². The van der Waals surface area contributed by atoms with Gasteiger partial charge < -0.3 is 0 Å². The molecule has 1 aromatic carbocycles. The summed E-state index contributed by atoms with van der Waals surface area (Å²) in [5.41, 5.74) is 0.180. The molecule has 0 unspecified atom stereocenters. The molecule has 0 atom stereocenters. The first kappa shape index (κ1) is 19.6. The minimum atomic E-state index is -4.54. The average molecular weight is 434 g/mol. The fourth-order valence-electron chi connectivity index (χ4n) is 3.38. The summed E-state index contributed by atoms with van der Waals surface area (Å²) in [4.78, 5) is 20.2. The first-order chi connectivity index (χ1) is 15.4. The van der Waals surface area contributed by atoms with E-state index in [0.29, 0.717) is 5.69 Å². The summed E-state index contributed by atoms with van der Waals surface area (Å²) >= 11 is 0. The molecule has 0 bridgehead atoms. The van der Waals surface area contributed by atoms with Crippen LogP contribution in [0.25, 0.3) is 33.5 Å². The van der Waals surface area contributed by atoms with Crippen LogP contribution in [0.1, 0.15) is 5.69 Å². The minimum absolute atomic E-state index is 0.0935. The summed E-state index contributed by atoms with van der Waals surface area (Å²) in [5, 5.41) is 10.5. The van der Waals surface area contributed by atoms with Crippen LogP contribution in [-0.4, -0.2) is 29.5 Å². The zero-order valence-corrected chi connectivity index (χ0v) is 16.2. The largest absolute Gasteiger partial charge is 0.433 e. The van der Waals surface area contributed by atoms with Crippen molar-refractivity contribution in [3.05, 3.63) is 95.4 Å². The van der Waals surface area contributed by atoms with Crippen LogP contribution < -0.4 is 5.43 Å². The topological polar surface area (TPSA) is 78.5 Å².